The van der Waals surface area contributed by atoms with E-state index in [9.17, 15) is 0 Å². The van der Waals surface area contributed by atoms with Crippen LogP contribution >= 0.6 is 15.9 Å². The predicted octanol–water partition coefficient (Wildman–Crippen LogP) is -0.459. The van der Waals surface area contributed by atoms with Gasteiger partial charge in [-0.2, -0.15) is 4.98 Å². The van der Waals surface area contributed by atoms with Gasteiger partial charge >= 0.3 is 7.12 Å². The van der Waals surface area contributed by atoms with Crippen molar-refractivity contribution in [2.75, 3.05) is 14.2 Å². The first kappa shape index (κ1) is 11.3. The highest BCUT2D eigenvalue weighted by atomic mass is 79.9. The van der Waals surface area contributed by atoms with Gasteiger partial charge in [0.2, 0.25) is 11.8 Å². The Morgan fingerprint density at radius 2 is 1.86 bits per heavy atom. The number of ether oxygens (including phenoxy) is 2. The van der Waals surface area contributed by atoms with Crippen LogP contribution in [0.4, 0.5) is 0 Å². The molecule has 0 radical (unpaired) electrons. The molecule has 0 fully saturated rings. The number of halogens is 1. The summed E-state index contributed by atoms with van der Waals surface area (Å²) in [6, 6.07) is 1.48. The van der Waals surface area contributed by atoms with Crippen LogP contribution in [-0.4, -0.2) is 36.4 Å². The first-order valence-corrected chi connectivity index (χ1v) is 4.54. The highest BCUT2D eigenvalue weighted by molar-refractivity contribution is 9.10. The Labute approximate surface area is 90.0 Å². The molecule has 76 valence electrons. The van der Waals surface area contributed by atoms with Crippen molar-refractivity contribution in [3.05, 3.63) is 10.5 Å². The fourth-order valence-corrected chi connectivity index (χ4v) is 1.46. The first-order valence-electron chi connectivity index (χ1n) is 3.74. The van der Waals surface area contributed by atoms with Crippen molar-refractivity contribution < 1.29 is 19.5 Å². The van der Waals surface area contributed by atoms with E-state index in [-0.39, 0.29) is 11.3 Å². The monoisotopic (exact) mass is 261 g/mol. The van der Waals surface area contributed by atoms with Crippen molar-refractivity contribution in [3.63, 3.8) is 0 Å². The summed E-state index contributed by atoms with van der Waals surface area (Å²) in [6.45, 7) is 0. The number of pyridine rings is 1. The van der Waals surface area contributed by atoms with E-state index in [2.05, 4.69) is 20.9 Å². The van der Waals surface area contributed by atoms with Gasteiger partial charge in [0.1, 0.15) is 0 Å². The lowest BCUT2D eigenvalue weighted by Gasteiger charge is -2.09. The lowest BCUT2D eigenvalue weighted by molar-refractivity contribution is 0.361. The maximum atomic E-state index is 9.00. The molecule has 0 aromatic carbocycles. The zero-order valence-electron chi connectivity index (χ0n) is 7.69. The molecule has 1 heterocycles. The van der Waals surface area contributed by atoms with Gasteiger partial charge in [-0.25, -0.2) is 0 Å². The van der Waals surface area contributed by atoms with Crippen LogP contribution in [0.25, 0.3) is 0 Å². The summed E-state index contributed by atoms with van der Waals surface area (Å²) in [5.41, 5.74) is 0.181. The van der Waals surface area contributed by atoms with E-state index >= 15 is 0 Å². The number of nitrogens with zero attached hydrogens (tertiary/aromatic N) is 1. The summed E-state index contributed by atoms with van der Waals surface area (Å²) in [5.74, 6) is 0.450. The first-order chi connectivity index (χ1) is 6.60. The number of methoxy groups -OCH3 is 2. The van der Waals surface area contributed by atoms with Gasteiger partial charge < -0.3 is 19.5 Å². The molecule has 7 heteroatoms. The standard InChI is InChI=1S/C7H9BBrNO4/c1-13-6-4(8(11)12)3-5(9)7(10-6)14-2/h3,11-12H,1-2H3. The van der Waals surface area contributed by atoms with Gasteiger partial charge in [-0.3, -0.25) is 0 Å². The van der Waals surface area contributed by atoms with Crippen LogP contribution in [0.15, 0.2) is 10.5 Å². The summed E-state index contributed by atoms with van der Waals surface area (Å²) in [4.78, 5) is 3.92. The van der Waals surface area contributed by atoms with Crippen molar-refractivity contribution in [3.8, 4) is 11.8 Å². The normalized spacial score (nSPS) is 9.79. The molecular formula is C7H9BBrNO4. The third kappa shape index (κ3) is 2.17. The molecular weight excluding hydrogens is 253 g/mol. The maximum Gasteiger partial charge on any atom is 0.494 e. The van der Waals surface area contributed by atoms with Gasteiger partial charge in [-0.1, -0.05) is 0 Å². The molecule has 0 amide bonds. The summed E-state index contributed by atoms with van der Waals surface area (Å²) >= 11 is 3.17. The minimum absolute atomic E-state index is 0.125. The average Bonchev–Trinajstić information content (AvgIpc) is 2.17. The van der Waals surface area contributed by atoms with Crippen molar-refractivity contribution in [2.45, 2.75) is 0 Å². The minimum Gasteiger partial charge on any atom is -0.481 e. The zero-order valence-corrected chi connectivity index (χ0v) is 9.28. The van der Waals surface area contributed by atoms with E-state index in [1.54, 1.807) is 0 Å². The maximum absolute atomic E-state index is 9.00. The van der Waals surface area contributed by atoms with Crippen LogP contribution in [0.5, 0.6) is 11.8 Å². The van der Waals surface area contributed by atoms with Gasteiger partial charge in [0.15, 0.2) is 0 Å². The molecule has 0 bridgehead atoms. The lowest BCUT2D eigenvalue weighted by atomic mass is 9.81. The Morgan fingerprint density at radius 1 is 1.29 bits per heavy atom. The van der Waals surface area contributed by atoms with Gasteiger partial charge in [-0.05, 0) is 22.0 Å². The topological polar surface area (TPSA) is 71.8 Å². The highest BCUT2D eigenvalue weighted by Gasteiger charge is 2.20. The molecule has 5 nitrogen and oxygen atoms in total. The third-order valence-electron chi connectivity index (χ3n) is 1.60. The van der Waals surface area contributed by atoms with Crippen LogP contribution < -0.4 is 14.9 Å². The zero-order chi connectivity index (χ0) is 10.7. The molecule has 1 rings (SSSR count). The molecule has 0 aliphatic rings. The number of aromatic nitrogens is 1. The summed E-state index contributed by atoms with van der Waals surface area (Å²) in [6.07, 6.45) is 0. The summed E-state index contributed by atoms with van der Waals surface area (Å²) in [5, 5.41) is 18.0. The van der Waals surface area contributed by atoms with E-state index in [0.29, 0.717) is 10.4 Å². The van der Waals surface area contributed by atoms with E-state index < -0.39 is 7.12 Å². The molecule has 2 N–H and O–H groups in total. The Bertz CT molecular complexity index is 334. The van der Waals surface area contributed by atoms with E-state index in [1.165, 1.54) is 20.3 Å². The van der Waals surface area contributed by atoms with Crippen molar-refractivity contribution in [2.24, 2.45) is 0 Å². The van der Waals surface area contributed by atoms with Crippen LogP contribution in [0, 0.1) is 0 Å². The van der Waals surface area contributed by atoms with Crippen molar-refractivity contribution >= 4 is 28.5 Å². The van der Waals surface area contributed by atoms with Crippen molar-refractivity contribution in [1.82, 2.24) is 4.98 Å². The molecule has 0 unspecified atom stereocenters. The largest absolute Gasteiger partial charge is 0.494 e. The molecule has 0 aliphatic heterocycles. The molecule has 1 aromatic heterocycles. The van der Waals surface area contributed by atoms with Gasteiger partial charge in [-0.15, -0.1) is 0 Å². The van der Waals surface area contributed by atoms with Crippen LogP contribution in [0.1, 0.15) is 0 Å². The summed E-state index contributed by atoms with van der Waals surface area (Å²) < 4.78 is 10.3. The Kier molecular flexibility index (Phi) is 3.73. The molecule has 14 heavy (non-hydrogen) atoms. The quantitative estimate of drug-likeness (QED) is 0.721. The SMILES string of the molecule is COc1nc(OC)c(B(O)O)cc1Br. The van der Waals surface area contributed by atoms with Crippen molar-refractivity contribution in [1.29, 1.82) is 0 Å². The van der Waals surface area contributed by atoms with Crippen LogP contribution in [-0.2, 0) is 0 Å². The van der Waals surface area contributed by atoms with E-state index in [0.717, 1.165) is 0 Å². The molecule has 0 atom stereocenters. The number of rotatable bonds is 3. The minimum atomic E-state index is -1.63. The Morgan fingerprint density at radius 3 is 2.29 bits per heavy atom. The van der Waals surface area contributed by atoms with Gasteiger partial charge in [0.05, 0.1) is 18.7 Å². The number of hydrogen-bond acceptors (Lipinski definition) is 5. The van der Waals surface area contributed by atoms with Gasteiger partial charge in [0, 0.05) is 5.46 Å². The fourth-order valence-electron chi connectivity index (χ4n) is 0.962. The molecule has 0 spiro atoms. The predicted molar refractivity (Wildman–Crippen MR) is 54.9 cm³/mol. The molecule has 0 saturated carbocycles. The average molecular weight is 262 g/mol. The lowest BCUT2D eigenvalue weighted by Crippen LogP contribution is -2.32. The second kappa shape index (κ2) is 4.63. The van der Waals surface area contributed by atoms with Crippen LogP contribution in [0.2, 0.25) is 0 Å². The number of hydrogen-bond donors (Lipinski definition) is 2. The second-order valence-corrected chi connectivity index (χ2v) is 3.31. The third-order valence-corrected chi connectivity index (χ3v) is 2.17. The molecule has 0 aliphatic carbocycles. The fraction of sp³-hybridized carbons (Fsp3) is 0.286. The van der Waals surface area contributed by atoms with E-state index in [1.807, 2.05) is 0 Å². The molecule has 0 saturated heterocycles. The highest BCUT2D eigenvalue weighted by Crippen LogP contribution is 2.23. The van der Waals surface area contributed by atoms with E-state index in [4.69, 9.17) is 19.5 Å². The van der Waals surface area contributed by atoms with Gasteiger partial charge in [0.25, 0.3) is 0 Å². The molecule has 1 aromatic rings. The Hall–Kier alpha value is -0.785. The Balaban J connectivity index is 3.24. The summed E-state index contributed by atoms with van der Waals surface area (Å²) in [7, 11) is 1.23. The smallest absolute Gasteiger partial charge is 0.481 e. The second-order valence-electron chi connectivity index (χ2n) is 2.45. The van der Waals surface area contributed by atoms with Crippen LogP contribution in [0.3, 0.4) is 0 Å².